The van der Waals surface area contributed by atoms with Crippen molar-refractivity contribution in [1.29, 1.82) is 0 Å². The zero-order valence-corrected chi connectivity index (χ0v) is 8.05. The van der Waals surface area contributed by atoms with Gasteiger partial charge in [0.05, 0.1) is 0 Å². The van der Waals surface area contributed by atoms with E-state index in [0.717, 1.165) is 25.9 Å². The summed E-state index contributed by atoms with van der Waals surface area (Å²) in [6.07, 6.45) is 6.88. The molecule has 1 heterocycles. The van der Waals surface area contributed by atoms with E-state index in [1.807, 2.05) is 6.08 Å². The molecule has 70 valence electrons. The highest BCUT2D eigenvalue weighted by Crippen LogP contribution is 2.22. The van der Waals surface area contributed by atoms with E-state index in [1.54, 1.807) is 0 Å². The summed E-state index contributed by atoms with van der Waals surface area (Å²) in [5.74, 6) is 0.293. The van der Waals surface area contributed by atoms with Crippen LogP contribution in [0.3, 0.4) is 0 Å². The van der Waals surface area contributed by atoms with Gasteiger partial charge in [-0.3, -0.25) is 4.79 Å². The number of allylic oxidation sites excluding steroid dienone is 2. The van der Waals surface area contributed by atoms with Crippen LogP contribution < -0.4 is 0 Å². The number of carbonyl (C=O) groups excluding carboxylic acids is 1. The molecule has 0 bridgehead atoms. The molecule has 2 nitrogen and oxygen atoms in total. The van der Waals surface area contributed by atoms with E-state index < -0.39 is 0 Å². The van der Waals surface area contributed by atoms with E-state index in [-0.39, 0.29) is 0 Å². The number of carbonyl (C=O) groups is 1. The van der Waals surface area contributed by atoms with Crippen molar-refractivity contribution in [3.63, 3.8) is 0 Å². The molecular weight excluding hydrogens is 162 g/mol. The number of hydrogen-bond acceptors (Lipinski definition) is 2. The minimum absolute atomic E-state index is 0.293. The number of hydrogen-bond donors (Lipinski definition) is 0. The van der Waals surface area contributed by atoms with Gasteiger partial charge in [0, 0.05) is 31.3 Å². The Morgan fingerprint density at radius 3 is 2.69 bits per heavy atom. The van der Waals surface area contributed by atoms with E-state index in [4.69, 9.17) is 0 Å². The van der Waals surface area contributed by atoms with Crippen LogP contribution in [-0.4, -0.2) is 23.8 Å². The Morgan fingerprint density at radius 2 is 2.15 bits per heavy atom. The average molecular weight is 177 g/mol. The van der Waals surface area contributed by atoms with Crippen molar-refractivity contribution in [1.82, 2.24) is 4.90 Å². The highest BCUT2D eigenvalue weighted by molar-refractivity contribution is 5.92. The van der Waals surface area contributed by atoms with Gasteiger partial charge in [0.15, 0.2) is 5.78 Å². The fourth-order valence-electron chi connectivity index (χ4n) is 1.86. The smallest absolute Gasteiger partial charge is 0.157 e. The lowest BCUT2D eigenvalue weighted by atomic mass is 10.1. The zero-order chi connectivity index (χ0) is 9.26. The van der Waals surface area contributed by atoms with E-state index in [1.165, 1.54) is 11.3 Å². The maximum Gasteiger partial charge on any atom is 0.157 e. The van der Waals surface area contributed by atoms with Crippen LogP contribution in [0.25, 0.3) is 0 Å². The maximum atomic E-state index is 11.0. The molecule has 0 radical (unpaired) electrons. The van der Waals surface area contributed by atoms with Crippen molar-refractivity contribution in [3.8, 4) is 0 Å². The molecule has 2 rings (SSSR count). The Labute approximate surface area is 78.9 Å². The molecule has 0 aromatic heterocycles. The monoisotopic (exact) mass is 177 g/mol. The third-order valence-electron chi connectivity index (χ3n) is 2.80. The summed E-state index contributed by atoms with van der Waals surface area (Å²) in [6.45, 7) is 4.25. The van der Waals surface area contributed by atoms with Gasteiger partial charge in [-0.25, -0.2) is 0 Å². The Morgan fingerprint density at radius 1 is 1.31 bits per heavy atom. The fourth-order valence-corrected chi connectivity index (χ4v) is 1.86. The first kappa shape index (κ1) is 8.54. The van der Waals surface area contributed by atoms with Crippen molar-refractivity contribution < 1.29 is 4.79 Å². The molecule has 2 heteroatoms. The Balaban J connectivity index is 2.03. The summed E-state index contributed by atoms with van der Waals surface area (Å²) in [6, 6.07) is 0. The molecule has 0 spiro atoms. The fraction of sp³-hybridized carbons (Fsp3) is 0.545. The SMILES string of the molecule is CC1=CCN(C2=CC(=O)CC2)CC1. The van der Waals surface area contributed by atoms with E-state index in [0.29, 0.717) is 12.2 Å². The van der Waals surface area contributed by atoms with Gasteiger partial charge in [0.25, 0.3) is 0 Å². The highest BCUT2D eigenvalue weighted by Gasteiger charge is 2.18. The van der Waals surface area contributed by atoms with Crippen LogP contribution in [0.1, 0.15) is 26.2 Å². The lowest BCUT2D eigenvalue weighted by Gasteiger charge is -2.28. The second kappa shape index (κ2) is 3.36. The Kier molecular flexibility index (Phi) is 2.21. The van der Waals surface area contributed by atoms with E-state index >= 15 is 0 Å². The largest absolute Gasteiger partial charge is 0.371 e. The molecule has 0 amide bonds. The van der Waals surface area contributed by atoms with Gasteiger partial charge in [-0.15, -0.1) is 0 Å². The minimum atomic E-state index is 0.293. The molecule has 2 aliphatic rings. The van der Waals surface area contributed by atoms with Crippen LogP contribution in [0.4, 0.5) is 0 Å². The van der Waals surface area contributed by atoms with Crippen molar-refractivity contribution in [2.45, 2.75) is 26.2 Å². The van der Waals surface area contributed by atoms with Gasteiger partial charge >= 0.3 is 0 Å². The third-order valence-corrected chi connectivity index (χ3v) is 2.80. The number of rotatable bonds is 1. The summed E-state index contributed by atoms with van der Waals surface area (Å²) in [5.41, 5.74) is 2.72. The minimum Gasteiger partial charge on any atom is -0.371 e. The second-order valence-electron chi connectivity index (χ2n) is 3.85. The van der Waals surface area contributed by atoms with Crippen molar-refractivity contribution in [2.75, 3.05) is 13.1 Å². The normalized spacial score (nSPS) is 23.2. The molecule has 0 saturated heterocycles. The van der Waals surface area contributed by atoms with E-state index in [9.17, 15) is 4.79 Å². The summed E-state index contributed by atoms with van der Waals surface area (Å²) in [4.78, 5) is 13.4. The van der Waals surface area contributed by atoms with Gasteiger partial charge in [-0.05, 0) is 19.8 Å². The van der Waals surface area contributed by atoms with Crippen molar-refractivity contribution in [3.05, 3.63) is 23.4 Å². The molecular formula is C11H15NO. The molecule has 0 aromatic carbocycles. The standard InChI is InChI=1S/C11H15NO/c1-9-4-6-12(7-5-9)10-2-3-11(13)8-10/h4,8H,2-3,5-7H2,1H3. The van der Waals surface area contributed by atoms with Gasteiger partial charge in [-0.1, -0.05) is 11.6 Å². The maximum absolute atomic E-state index is 11.0. The predicted molar refractivity (Wildman–Crippen MR) is 52.3 cm³/mol. The molecule has 0 aromatic rings. The molecule has 0 atom stereocenters. The van der Waals surface area contributed by atoms with Gasteiger partial charge < -0.3 is 4.90 Å². The number of ketones is 1. The van der Waals surface area contributed by atoms with E-state index in [2.05, 4.69) is 17.9 Å². The van der Waals surface area contributed by atoms with Gasteiger partial charge in [-0.2, -0.15) is 0 Å². The molecule has 0 fully saturated rings. The first-order chi connectivity index (χ1) is 6.25. The van der Waals surface area contributed by atoms with Crippen molar-refractivity contribution in [2.24, 2.45) is 0 Å². The molecule has 0 N–H and O–H groups in total. The van der Waals surface area contributed by atoms with Gasteiger partial charge in [0.1, 0.15) is 0 Å². The van der Waals surface area contributed by atoms with Gasteiger partial charge in [0.2, 0.25) is 0 Å². The first-order valence-electron chi connectivity index (χ1n) is 4.90. The third kappa shape index (κ3) is 1.82. The van der Waals surface area contributed by atoms with Crippen LogP contribution in [0, 0.1) is 0 Å². The van der Waals surface area contributed by atoms with Crippen LogP contribution in [0.15, 0.2) is 23.4 Å². The second-order valence-corrected chi connectivity index (χ2v) is 3.85. The molecule has 1 aliphatic heterocycles. The average Bonchev–Trinajstić information content (AvgIpc) is 2.53. The van der Waals surface area contributed by atoms with Crippen molar-refractivity contribution >= 4 is 5.78 Å². The summed E-state index contributed by atoms with van der Waals surface area (Å²) in [7, 11) is 0. The van der Waals surface area contributed by atoms with Crippen LogP contribution in [0.2, 0.25) is 0 Å². The molecule has 1 aliphatic carbocycles. The Bertz CT molecular complexity index is 288. The molecule has 0 saturated carbocycles. The molecule has 0 unspecified atom stereocenters. The number of nitrogens with zero attached hydrogens (tertiary/aromatic N) is 1. The predicted octanol–water partition coefficient (Wildman–Crippen LogP) is 1.89. The zero-order valence-electron chi connectivity index (χ0n) is 8.05. The van der Waals surface area contributed by atoms with Crippen LogP contribution in [-0.2, 0) is 4.79 Å². The highest BCUT2D eigenvalue weighted by atomic mass is 16.1. The summed E-state index contributed by atoms with van der Waals surface area (Å²) in [5, 5.41) is 0. The van der Waals surface area contributed by atoms with Crippen LogP contribution in [0.5, 0.6) is 0 Å². The summed E-state index contributed by atoms with van der Waals surface area (Å²) < 4.78 is 0. The topological polar surface area (TPSA) is 20.3 Å². The Hall–Kier alpha value is -1.05. The van der Waals surface area contributed by atoms with Crippen LogP contribution >= 0.6 is 0 Å². The lowest BCUT2D eigenvalue weighted by Crippen LogP contribution is -2.27. The first-order valence-corrected chi connectivity index (χ1v) is 4.90. The molecule has 13 heavy (non-hydrogen) atoms. The quantitative estimate of drug-likeness (QED) is 0.570. The lowest BCUT2D eigenvalue weighted by molar-refractivity contribution is -0.114. The summed E-state index contributed by atoms with van der Waals surface area (Å²) >= 11 is 0.